The number of nitro groups is 1. The van der Waals surface area contributed by atoms with Gasteiger partial charge in [-0.05, 0) is 23.8 Å². The first-order valence-corrected chi connectivity index (χ1v) is 6.11. The first-order valence-electron chi connectivity index (χ1n) is 6.11. The number of hydrogen-bond acceptors (Lipinski definition) is 6. The van der Waals surface area contributed by atoms with Gasteiger partial charge in [-0.25, -0.2) is 4.98 Å². The maximum absolute atomic E-state index is 11.1. The molecule has 2 aromatic rings. The van der Waals surface area contributed by atoms with Crippen molar-refractivity contribution in [2.24, 2.45) is 0 Å². The number of anilines is 2. The van der Waals surface area contributed by atoms with Gasteiger partial charge in [-0.3, -0.25) is 14.9 Å². The minimum Gasteiger partial charge on any atom is -0.469 e. The highest BCUT2D eigenvalue weighted by atomic mass is 16.6. The largest absolute Gasteiger partial charge is 0.469 e. The molecule has 0 radical (unpaired) electrons. The van der Waals surface area contributed by atoms with E-state index in [4.69, 9.17) is 0 Å². The molecule has 1 aromatic heterocycles. The lowest BCUT2D eigenvalue weighted by molar-refractivity contribution is -0.385. The number of nitrogens with zero attached hydrogens (tertiary/aromatic N) is 2. The van der Waals surface area contributed by atoms with Crippen LogP contribution in [0.3, 0.4) is 0 Å². The van der Waals surface area contributed by atoms with Crippen LogP contribution in [-0.2, 0) is 16.0 Å². The van der Waals surface area contributed by atoms with Crippen molar-refractivity contribution in [2.75, 3.05) is 12.4 Å². The number of carbonyl (C=O) groups is 1. The van der Waals surface area contributed by atoms with E-state index >= 15 is 0 Å². The zero-order valence-corrected chi connectivity index (χ0v) is 11.3. The number of benzene rings is 1. The molecule has 0 fully saturated rings. The highest BCUT2D eigenvalue weighted by molar-refractivity contribution is 5.72. The fraction of sp³-hybridized carbons (Fsp3) is 0.143. The van der Waals surface area contributed by atoms with Crippen LogP contribution < -0.4 is 5.32 Å². The van der Waals surface area contributed by atoms with Gasteiger partial charge < -0.3 is 10.1 Å². The summed E-state index contributed by atoms with van der Waals surface area (Å²) in [6, 6.07) is 10.1. The van der Waals surface area contributed by atoms with E-state index in [2.05, 4.69) is 15.0 Å². The molecule has 0 amide bonds. The van der Waals surface area contributed by atoms with Gasteiger partial charge in [-0.15, -0.1) is 0 Å². The third kappa shape index (κ3) is 4.00. The lowest BCUT2D eigenvalue weighted by Crippen LogP contribution is -2.04. The van der Waals surface area contributed by atoms with E-state index in [1.54, 1.807) is 24.3 Å². The maximum Gasteiger partial charge on any atom is 0.309 e. The van der Waals surface area contributed by atoms with Crippen LogP contribution in [0.15, 0.2) is 42.6 Å². The summed E-state index contributed by atoms with van der Waals surface area (Å²) in [5.41, 5.74) is 1.54. The Balaban J connectivity index is 2.02. The Kier molecular flexibility index (Phi) is 4.45. The van der Waals surface area contributed by atoms with Gasteiger partial charge in [0.2, 0.25) is 0 Å². The Bertz CT molecular complexity index is 638. The number of rotatable bonds is 5. The van der Waals surface area contributed by atoms with Crippen LogP contribution in [0.5, 0.6) is 0 Å². The van der Waals surface area contributed by atoms with Crippen molar-refractivity contribution < 1.29 is 14.5 Å². The molecule has 0 atom stereocenters. The fourth-order valence-electron chi connectivity index (χ4n) is 1.66. The summed E-state index contributed by atoms with van der Waals surface area (Å²) in [6.45, 7) is 0. The zero-order chi connectivity index (χ0) is 15.2. The molecule has 7 heteroatoms. The molecule has 0 saturated heterocycles. The molecule has 0 unspecified atom stereocenters. The summed E-state index contributed by atoms with van der Waals surface area (Å²) in [6.07, 6.45) is 1.40. The van der Waals surface area contributed by atoms with E-state index in [-0.39, 0.29) is 18.1 Å². The lowest BCUT2D eigenvalue weighted by Gasteiger charge is -2.06. The number of carbonyl (C=O) groups excluding carboxylic acids is 1. The van der Waals surface area contributed by atoms with Gasteiger partial charge in [0, 0.05) is 11.8 Å². The van der Waals surface area contributed by atoms with Gasteiger partial charge in [0.25, 0.3) is 5.69 Å². The second-order valence-electron chi connectivity index (χ2n) is 4.23. The van der Waals surface area contributed by atoms with Crippen LogP contribution in [0.2, 0.25) is 0 Å². The molecule has 0 aliphatic heterocycles. The van der Waals surface area contributed by atoms with Crippen molar-refractivity contribution in [1.29, 1.82) is 0 Å². The number of hydrogen-bond donors (Lipinski definition) is 1. The number of ether oxygens (including phenoxy) is 1. The molecule has 0 aliphatic carbocycles. The predicted molar refractivity (Wildman–Crippen MR) is 76.3 cm³/mol. The topological polar surface area (TPSA) is 94.4 Å². The summed E-state index contributed by atoms with van der Waals surface area (Å²) < 4.78 is 4.59. The quantitative estimate of drug-likeness (QED) is 0.515. The summed E-state index contributed by atoms with van der Waals surface area (Å²) in [4.78, 5) is 25.1. The molecule has 0 bridgehead atoms. The number of nitrogens with one attached hydrogen (secondary N) is 1. The van der Waals surface area contributed by atoms with Crippen LogP contribution >= 0.6 is 0 Å². The zero-order valence-electron chi connectivity index (χ0n) is 11.3. The van der Waals surface area contributed by atoms with Crippen molar-refractivity contribution in [3.8, 4) is 0 Å². The second-order valence-corrected chi connectivity index (χ2v) is 4.23. The Hall–Kier alpha value is -2.96. The highest BCUT2D eigenvalue weighted by Gasteiger charge is 2.06. The molecule has 1 aromatic carbocycles. The van der Waals surface area contributed by atoms with E-state index in [0.29, 0.717) is 5.82 Å². The first kappa shape index (κ1) is 14.4. The van der Waals surface area contributed by atoms with Crippen LogP contribution in [0.25, 0.3) is 0 Å². The van der Waals surface area contributed by atoms with E-state index in [1.165, 1.54) is 25.4 Å². The second kappa shape index (κ2) is 6.47. The monoisotopic (exact) mass is 287 g/mol. The molecule has 7 nitrogen and oxygen atoms in total. The van der Waals surface area contributed by atoms with Crippen molar-refractivity contribution in [3.05, 3.63) is 58.3 Å². The maximum atomic E-state index is 11.1. The summed E-state index contributed by atoms with van der Waals surface area (Å²) in [5.74, 6) is 0.203. The number of methoxy groups -OCH3 is 1. The molecule has 21 heavy (non-hydrogen) atoms. The SMILES string of the molecule is COC(=O)Cc1ccc(Nc2ccc([N+](=O)[O-])cn2)cc1. The normalized spacial score (nSPS) is 9.95. The summed E-state index contributed by atoms with van der Waals surface area (Å²) in [7, 11) is 1.35. The van der Waals surface area contributed by atoms with Gasteiger partial charge in [-0.2, -0.15) is 0 Å². The van der Waals surface area contributed by atoms with Gasteiger partial charge in [0.05, 0.1) is 18.5 Å². The minimum absolute atomic E-state index is 0.0611. The van der Waals surface area contributed by atoms with Crippen LogP contribution in [0.1, 0.15) is 5.56 Å². The smallest absolute Gasteiger partial charge is 0.309 e. The average Bonchev–Trinajstić information content (AvgIpc) is 2.49. The average molecular weight is 287 g/mol. The molecule has 0 spiro atoms. The summed E-state index contributed by atoms with van der Waals surface area (Å²) in [5, 5.41) is 13.5. The Morgan fingerprint density at radius 1 is 1.29 bits per heavy atom. The third-order valence-corrected chi connectivity index (χ3v) is 2.76. The predicted octanol–water partition coefficient (Wildman–Crippen LogP) is 2.45. The highest BCUT2D eigenvalue weighted by Crippen LogP contribution is 2.18. The van der Waals surface area contributed by atoms with Gasteiger partial charge in [0.1, 0.15) is 12.0 Å². The van der Waals surface area contributed by atoms with Gasteiger partial charge in [-0.1, -0.05) is 12.1 Å². The Morgan fingerprint density at radius 3 is 2.52 bits per heavy atom. The van der Waals surface area contributed by atoms with E-state index < -0.39 is 4.92 Å². The molecule has 0 aliphatic rings. The molecule has 108 valence electrons. The number of pyridine rings is 1. The molecular weight excluding hydrogens is 274 g/mol. The number of aromatic nitrogens is 1. The van der Waals surface area contributed by atoms with Crippen molar-refractivity contribution in [1.82, 2.24) is 4.98 Å². The van der Waals surface area contributed by atoms with Crippen molar-refractivity contribution >= 4 is 23.2 Å². The van der Waals surface area contributed by atoms with Crippen LogP contribution in [0.4, 0.5) is 17.2 Å². The molecule has 2 rings (SSSR count). The molecule has 0 saturated carbocycles. The van der Waals surface area contributed by atoms with E-state index in [1.807, 2.05) is 0 Å². The van der Waals surface area contributed by atoms with E-state index in [0.717, 1.165) is 11.3 Å². The Labute approximate surface area is 120 Å². The van der Waals surface area contributed by atoms with Crippen LogP contribution in [0, 0.1) is 10.1 Å². The minimum atomic E-state index is -0.502. The molecule has 1 heterocycles. The van der Waals surface area contributed by atoms with Crippen LogP contribution in [-0.4, -0.2) is 23.0 Å². The van der Waals surface area contributed by atoms with Crippen molar-refractivity contribution in [2.45, 2.75) is 6.42 Å². The fourth-order valence-corrected chi connectivity index (χ4v) is 1.66. The van der Waals surface area contributed by atoms with E-state index in [9.17, 15) is 14.9 Å². The number of esters is 1. The molecular formula is C14H13N3O4. The standard InChI is InChI=1S/C14H13N3O4/c1-21-14(18)8-10-2-4-11(5-3-10)16-13-7-6-12(9-15-13)17(19)20/h2-7,9H,8H2,1H3,(H,15,16). The molecule has 1 N–H and O–H groups in total. The van der Waals surface area contributed by atoms with Gasteiger partial charge in [0.15, 0.2) is 0 Å². The summed E-state index contributed by atoms with van der Waals surface area (Å²) >= 11 is 0. The Morgan fingerprint density at radius 2 is 2.00 bits per heavy atom. The first-order chi connectivity index (χ1) is 10.1. The van der Waals surface area contributed by atoms with Gasteiger partial charge >= 0.3 is 5.97 Å². The lowest BCUT2D eigenvalue weighted by atomic mass is 10.1. The van der Waals surface area contributed by atoms with Crippen molar-refractivity contribution in [3.63, 3.8) is 0 Å². The third-order valence-electron chi connectivity index (χ3n) is 2.76.